The summed E-state index contributed by atoms with van der Waals surface area (Å²) >= 11 is 0. The summed E-state index contributed by atoms with van der Waals surface area (Å²) in [5, 5.41) is 19.3. The molecule has 4 fully saturated rings. The molecule has 2 aliphatic carbocycles. The maximum absolute atomic E-state index is 12.5. The fraction of sp³-hybridized carbons (Fsp3) is 0.909. The molecule has 0 amide bonds. The van der Waals surface area contributed by atoms with Gasteiger partial charge >= 0.3 is 11.9 Å². The van der Waals surface area contributed by atoms with Crippen molar-refractivity contribution >= 4 is 11.9 Å². The summed E-state index contributed by atoms with van der Waals surface area (Å²) in [5.74, 6) is -0.882. The van der Waals surface area contributed by atoms with Gasteiger partial charge in [-0.2, -0.15) is 0 Å². The number of aliphatic carboxylic acids is 2. The van der Waals surface area contributed by atoms with Gasteiger partial charge in [-0.1, -0.05) is 0 Å². The van der Waals surface area contributed by atoms with Crippen LogP contribution in [0, 0.1) is 17.3 Å². The van der Waals surface area contributed by atoms with Crippen molar-refractivity contribution in [3.63, 3.8) is 0 Å². The number of epoxide rings is 2. The van der Waals surface area contributed by atoms with E-state index in [0.717, 1.165) is 38.5 Å². The van der Waals surface area contributed by atoms with Gasteiger partial charge in [0.2, 0.25) is 0 Å². The third-order valence-corrected chi connectivity index (χ3v) is 8.12. The van der Waals surface area contributed by atoms with E-state index < -0.39 is 17.4 Å². The lowest BCUT2D eigenvalue weighted by Crippen LogP contribution is -2.38. The van der Waals surface area contributed by atoms with Crippen LogP contribution in [0.15, 0.2) is 0 Å². The van der Waals surface area contributed by atoms with Gasteiger partial charge < -0.3 is 19.7 Å². The molecule has 4 rings (SSSR count). The van der Waals surface area contributed by atoms with Crippen molar-refractivity contribution in [3.05, 3.63) is 0 Å². The Labute approximate surface area is 167 Å². The van der Waals surface area contributed by atoms with Crippen molar-refractivity contribution in [2.45, 2.75) is 108 Å². The molecular formula is C22H34O6. The fourth-order valence-electron chi connectivity index (χ4n) is 6.06. The third kappa shape index (κ3) is 3.95. The summed E-state index contributed by atoms with van der Waals surface area (Å²) in [6, 6.07) is 0. The first-order valence-corrected chi connectivity index (χ1v) is 10.9. The van der Waals surface area contributed by atoms with Crippen molar-refractivity contribution in [2.75, 3.05) is 0 Å². The van der Waals surface area contributed by atoms with E-state index in [-0.39, 0.29) is 29.8 Å². The van der Waals surface area contributed by atoms with Crippen molar-refractivity contribution in [2.24, 2.45) is 17.3 Å². The molecule has 6 nitrogen and oxygen atoms in total. The monoisotopic (exact) mass is 394 g/mol. The zero-order chi connectivity index (χ0) is 20.2. The summed E-state index contributed by atoms with van der Waals surface area (Å²) in [6.07, 6.45) is 8.70. The van der Waals surface area contributed by atoms with Crippen LogP contribution in [-0.4, -0.2) is 45.6 Å². The van der Waals surface area contributed by atoms with E-state index in [9.17, 15) is 14.7 Å². The molecule has 0 spiro atoms. The minimum Gasteiger partial charge on any atom is -0.481 e. The Bertz CT molecular complexity index is 611. The molecule has 2 aliphatic heterocycles. The molecule has 0 bridgehead atoms. The molecule has 158 valence electrons. The minimum absolute atomic E-state index is 0.0306. The van der Waals surface area contributed by atoms with E-state index in [4.69, 9.17) is 14.6 Å². The van der Waals surface area contributed by atoms with Crippen LogP contribution in [-0.2, 0) is 19.1 Å². The molecule has 2 N–H and O–H groups in total. The number of ether oxygens (including phenoxy) is 2. The zero-order valence-electron chi connectivity index (χ0n) is 17.1. The molecule has 0 aromatic carbocycles. The molecule has 4 aliphatic rings. The summed E-state index contributed by atoms with van der Waals surface area (Å²) in [7, 11) is 0. The number of carbonyl (C=O) groups is 2. The first-order valence-electron chi connectivity index (χ1n) is 10.9. The first kappa shape index (κ1) is 20.1. The molecule has 2 saturated carbocycles. The quantitative estimate of drug-likeness (QED) is 0.573. The molecule has 0 radical (unpaired) electrons. The molecule has 28 heavy (non-hydrogen) atoms. The average Bonchev–Trinajstić information content (AvgIpc) is 3.47. The van der Waals surface area contributed by atoms with Gasteiger partial charge in [-0.25, -0.2) is 0 Å². The summed E-state index contributed by atoms with van der Waals surface area (Å²) in [6.45, 7) is 4.31. The van der Waals surface area contributed by atoms with E-state index in [0.29, 0.717) is 37.5 Å². The van der Waals surface area contributed by atoms with Crippen molar-refractivity contribution < 1.29 is 29.3 Å². The normalized spacial score (nSPS) is 43.4. The highest BCUT2D eigenvalue weighted by Crippen LogP contribution is 2.55. The lowest BCUT2D eigenvalue weighted by Gasteiger charge is -2.38. The second-order valence-electron chi connectivity index (χ2n) is 10.4. The average molecular weight is 395 g/mol. The molecule has 6 atom stereocenters. The lowest BCUT2D eigenvalue weighted by atomic mass is 9.65. The molecule has 0 aromatic rings. The largest absolute Gasteiger partial charge is 0.481 e. The number of fused-ring (bicyclic) bond motifs is 2. The number of hydrogen-bond acceptors (Lipinski definition) is 4. The number of hydrogen-bond donors (Lipinski definition) is 2. The van der Waals surface area contributed by atoms with Crippen LogP contribution in [0.5, 0.6) is 0 Å². The van der Waals surface area contributed by atoms with Crippen LogP contribution < -0.4 is 0 Å². The predicted octanol–water partition coefficient (Wildman–Crippen LogP) is 4.01. The van der Waals surface area contributed by atoms with E-state index in [1.807, 2.05) is 0 Å². The number of carboxylic acids is 2. The second kappa shape index (κ2) is 6.98. The highest BCUT2D eigenvalue weighted by Gasteiger charge is 2.58. The van der Waals surface area contributed by atoms with Crippen LogP contribution in [0.4, 0.5) is 0 Å². The van der Waals surface area contributed by atoms with Crippen LogP contribution >= 0.6 is 0 Å². The topological polar surface area (TPSA) is 99.7 Å². The first-order chi connectivity index (χ1) is 13.1. The maximum atomic E-state index is 12.5. The maximum Gasteiger partial charge on any atom is 0.309 e. The van der Waals surface area contributed by atoms with E-state index >= 15 is 0 Å². The summed E-state index contributed by atoms with van der Waals surface area (Å²) in [5.41, 5.74) is -0.762. The van der Waals surface area contributed by atoms with Crippen molar-refractivity contribution in [3.8, 4) is 0 Å². The highest BCUT2D eigenvalue weighted by atomic mass is 16.6. The Hall–Kier alpha value is -1.14. The minimum atomic E-state index is -0.848. The molecule has 6 heteroatoms. The summed E-state index contributed by atoms with van der Waals surface area (Å²) < 4.78 is 11.6. The fourth-order valence-corrected chi connectivity index (χ4v) is 6.06. The van der Waals surface area contributed by atoms with Crippen LogP contribution in [0.2, 0.25) is 0 Å². The predicted molar refractivity (Wildman–Crippen MR) is 102 cm³/mol. The van der Waals surface area contributed by atoms with E-state index in [1.54, 1.807) is 0 Å². The molecule has 2 saturated heterocycles. The van der Waals surface area contributed by atoms with Crippen LogP contribution in [0.3, 0.4) is 0 Å². The molecule has 6 unspecified atom stereocenters. The third-order valence-electron chi connectivity index (χ3n) is 8.12. The van der Waals surface area contributed by atoms with Gasteiger partial charge in [0, 0.05) is 6.42 Å². The van der Waals surface area contributed by atoms with Gasteiger partial charge in [0.15, 0.2) is 0 Å². The standard InChI is InChI=1S/C22H34O6/c1-20-8-5-14(10-16(20)27-20)12-22(19(25)26,7-3-4-18(23)24)13-15-6-9-21(2)17(11-15)28-21/h14-17H,3-13H2,1-2H3,(H,23,24)(H,25,26). The van der Waals surface area contributed by atoms with Gasteiger partial charge in [-0.3, -0.25) is 9.59 Å². The Balaban J connectivity index is 1.45. The zero-order valence-corrected chi connectivity index (χ0v) is 17.1. The Kier molecular flexibility index (Phi) is 5.02. The van der Waals surface area contributed by atoms with Crippen molar-refractivity contribution in [1.82, 2.24) is 0 Å². The Morgan fingerprint density at radius 3 is 1.86 bits per heavy atom. The molecular weight excluding hydrogens is 360 g/mol. The molecule has 0 aromatic heterocycles. The smallest absolute Gasteiger partial charge is 0.309 e. The van der Waals surface area contributed by atoms with Gasteiger partial charge in [-0.15, -0.1) is 0 Å². The Morgan fingerprint density at radius 1 is 0.964 bits per heavy atom. The van der Waals surface area contributed by atoms with Gasteiger partial charge in [0.05, 0.1) is 28.8 Å². The van der Waals surface area contributed by atoms with Gasteiger partial charge in [0.1, 0.15) is 0 Å². The SMILES string of the molecule is CC12CCC(CC(CCCC(=O)O)(CC3CCC4(C)OC4C3)C(=O)O)CC1O2. The van der Waals surface area contributed by atoms with E-state index in [2.05, 4.69) is 13.8 Å². The van der Waals surface area contributed by atoms with E-state index in [1.165, 1.54) is 0 Å². The van der Waals surface area contributed by atoms with Gasteiger partial charge in [0.25, 0.3) is 0 Å². The van der Waals surface area contributed by atoms with Crippen LogP contribution in [0.25, 0.3) is 0 Å². The Morgan fingerprint density at radius 2 is 1.46 bits per heavy atom. The van der Waals surface area contributed by atoms with Gasteiger partial charge in [-0.05, 0) is 89.9 Å². The highest BCUT2D eigenvalue weighted by molar-refractivity contribution is 5.75. The summed E-state index contributed by atoms with van der Waals surface area (Å²) in [4.78, 5) is 23.6. The molecule has 2 heterocycles. The lowest BCUT2D eigenvalue weighted by molar-refractivity contribution is -0.153. The van der Waals surface area contributed by atoms with Crippen molar-refractivity contribution in [1.29, 1.82) is 0 Å². The van der Waals surface area contributed by atoms with Crippen LogP contribution in [0.1, 0.15) is 84.5 Å². The second-order valence-corrected chi connectivity index (χ2v) is 10.4. The number of carboxylic acid groups (broad SMARTS) is 2. The number of rotatable bonds is 9.